The third kappa shape index (κ3) is 7.64. The highest BCUT2D eigenvalue weighted by Crippen LogP contribution is 2.35. The first-order valence-electron chi connectivity index (χ1n) is 8.76. The van der Waals surface area contributed by atoms with Gasteiger partial charge >= 0.3 is 6.09 Å². The van der Waals surface area contributed by atoms with Gasteiger partial charge in [0.25, 0.3) is 10.1 Å². The van der Waals surface area contributed by atoms with Gasteiger partial charge in [0.2, 0.25) is 6.79 Å². The number of amides is 1. The van der Waals surface area contributed by atoms with Crippen LogP contribution in [0.5, 0.6) is 11.5 Å². The van der Waals surface area contributed by atoms with E-state index in [4.69, 9.17) is 18.4 Å². The van der Waals surface area contributed by atoms with Gasteiger partial charge in [-0.15, -0.1) is 0 Å². The Balaban J connectivity index is 1.96. The van der Waals surface area contributed by atoms with E-state index in [-0.39, 0.29) is 13.4 Å². The Morgan fingerprint density at radius 3 is 2.30 bits per heavy atom. The van der Waals surface area contributed by atoms with Crippen molar-refractivity contribution in [2.75, 3.05) is 26.2 Å². The molecule has 0 radical (unpaired) electrons. The molecule has 27 heavy (non-hydrogen) atoms. The molecule has 0 aromatic heterocycles. The lowest BCUT2D eigenvalue weighted by molar-refractivity contribution is 0.0528. The molecule has 0 saturated heterocycles. The predicted molar refractivity (Wildman–Crippen MR) is 99.6 cm³/mol. The first kappa shape index (κ1) is 21.3. The second kappa shape index (κ2) is 8.79. The van der Waals surface area contributed by atoms with Crippen LogP contribution in [-0.2, 0) is 31.9 Å². The first-order valence-corrected chi connectivity index (χ1v) is 10.6. The molecule has 1 aromatic carbocycles. The number of carbonyl (C=O) groups excluding carboxylic acids is 1. The van der Waals surface area contributed by atoms with Crippen molar-refractivity contribution in [2.24, 2.45) is 0 Å². The van der Waals surface area contributed by atoms with Crippen molar-refractivity contribution in [2.45, 2.75) is 45.6 Å². The van der Waals surface area contributed by atoms with Crippen LogP contribution in [0.2, 0.25) is 0 Å². The van der Waals surface area contributed by atoms with E-state index in [1.165, 1.54) is 0 Å². The van der Waals surface area contributed by atoms with E-state index in [0.29, 0.717) is 37.3 Å². The van der Waals surface area contributed by atoms with Crippen molar-refractivity contribution in [1.82, 2.24) is 5.32 Å². The van der Waals surface area contributed by atoms with Crippen LogP contribution in [0.15, 0.2) is 12.1 Å². The largest absolute Gasteiger partial charge is 0.454 e. The van der Waals surface area contributed by atoms with Gasteiger partial charge in [-0.3, -0.25) is 4.18 Å². The topological polar surface area (TPSA) is 100 Å². The van der Waals surface area contributed by atoms with E-state index in [9.17, 15) is 13.2 Å². The quantitative estimate of drug-likeness (QED) is 0.527. The summed E-state index contributed by atoms with van der Waals surface area (Å²) in [5.41, 5.74) is 1.45. The number of nitrogens with one attached hydrogen (secondary N) is 1. The molecule has 1 heterocycles. The second-order valence-electron chi connectivity index (χ2n) is 7.28. The van der Waals surface area contributed by atoms with Crippen LogP contribution in [0, 0.1) is 0 Å². The van der Waals surface area contributed by atoms with Crippen LogP contribution in [0.1, 0.15) is 38.3 Å². The fourth-order valence-electron chi connectivity index (χ4n) is 2.58. The summed E-state index contributed by atoms with van der Waals surface area (Å²) in [4.78, 5) is 11.8. The zero-order valence-corrected chi connectivity index (χ0v) is 17.0. The average Bonchev–Trinajstić information content (AvgIpc) is 2.95. The third-order valence-electron chi connectivity index (χ3n) is 3.65. The van der Waals surface area contributed by atoms with Crippen molar-refractivity contribution in [3.05, 3.63) is 23.3 Å². The molecule has 0 fully saturated rings. The number of alkyl carbamates (subject to hydrolysis) is 1. The third-order valence-corrected chi connectivity index (χ3v) is 4.24. The minimum absolute atomic E-state index is 0.114. The van der Waals surface area contributed by atoms with Gasteiger partial charge in [-0.05, 0) is 63.3 Å². The van der Waals surface area contributed by atoms with Gasteiger partial charge in [-0.25, -0.2) is 4.79 Å². The van der Waals surface area contributed by atoms with Gasteiger partial charge in [0, 0.05) is 6.54 Å². The van der Waals surface area contributed by atoms with Crippen LogP contribution in [0.3, 0.4) is 0 Å². The molecule has 2 rings (SSSR count). The summed E-state index contributed by atoms with van der Waals surface area (Å²) in [5.74, 6) is 1.33. The van der Waals surface area contributed by atoms with E-state index in [2.05, 4.69) is 5.32 Å². The number of fused-ring (bicyclic) bond motifs is 1. The van der Waals surface area contributed by atoms with Crippen molar-refractivity contribution in [3.63, 3.8) is 0 Å². The van der Waals surface area contributed by atoms with E-state index in [1.54, 1.807) is 20.8 Å². The van der Waals surface area contributed by atoms with Crippen LogP contribution in [-0.4, -0.2) is 46.3 Å². The number of hydrogen-bond donors (Lipinski definition) is 1. The van der Waals surface area contributed by atoms with Crippen molar-refractivity contribution in [3.8, 4) is 11.5 Å². The highest BCUT2D eigenvalue weighted by Gasteiger charge is 2.18. The zero-order chi connectivity index (χ0) is 20.1. The Morgan fingerprint density at radius 1 is 1.15 bits per heavy atom. The fourth-order valence-corrected chi connectivity index (χ4v) is 3.00. The minimum atomic E-state index is -3.44. The lowest BCUT2D eigenvalue weighted by atomic mass is 9.99. The SMILES string of the molecule is CC(C)(C)OC(=O)NCCc1cc2c(cc1CCCOS(C)(=O)=O)OCO2. The minimum Gasteiger partial charge on any atom is -0.454 e. The molecule has 9 heteroatoms. The molecule has 0 atom stereocenters. The number of rotatable bonds is 8. The second-order valence-corrected chi connectivity index (χ2v) is 8.93. The molecule has 152 valence electrons. The molecule has 1 N–H and O–H groups in total. The van der Waals surface area contributed by atoms with E-state index in [1.807, 2.05) is 12.1 Å². The van der Waals surface area contributed by atoms with E-state index < -0.39 is 21.8 Å². The predicted octanol–water partition coefficient (Wildman–Crippen LogP) is 2.39. The Bertz CT molecular complexity index is 769. The van der Waals surface area contributed by atoms with E-state index in [0.717, 1.165) is 17.4 Å². The Morgan fingerprint density at radius 2 is 1.74 bits per heavy atom. The van der Waals surface area contributed by atoms with Crippen LogP contribution >= 0.6 is 0 Å². The molecule has 0 unspecified atom stereocenters. The molecular weight excluding hydrogens is 374 g/mol. The maximum atomic E-state index is 11.8. The summed E-state index contributed by atoms with van der Waals surface area (Å²) in [6.07, 6.45) is 2.30. The standard InChI is InChI=1S/C18H27NO7S/c1-18(2,3)26-17(20)19-8-7-14-11-16-15(23-12-24-16)10-13(14)6-5-9-25-27(4,21)22/h10-11H,5-9,12H2,1-4H3,(H,19,20). The normalized spacial score (nSPS) is 13.5. The number of carbonyl (C=O) groups is 1. The van der Waals surface area contributed by atoms with Crippen molar-refractivity contribution in [1.29, 1.82) is 0 Å². The number of ether oxygens (including phenoxy) is 3. The number of hydrogen-bond acceptors (Lipinski definition) is 7. The highest BCUT2D eigenvalue weighted by atomic mass is 32.2. The van der Waals surface area contributed by atoms with Gasteiger partial charge in [0.15, 0.2) is 11.5 Å². The molecule has 8 nitrogen and oxygen atoms in total. The summed E-state index contributed by atoms with van der Waals surface area (Å²) in [5, 5.41) is 2.73. The molecular formula is C18H27NO7S. The maximum absolute atomic E-state index is 11.8. The van der Waals surface area contributed by atoms with Gasteiger partial charge in [0.1, 0.15) is 5.60 Å². The molecule has 0 bridgehead atoms. The lowest BCUT2D eigenvalue weighted by Crippen LogP contribution is -2.33. The summed E-state index contributed by atoms with van der Waals surface area (Å²) in [6.45, 7) is 6.11. The summed E-state index contributed by atoms with van der Waals surface area (Å²) in [6, 6.07) is 3.79. The Labute approximate surface area is 160 Å². The number of aryl methyl sites for hydroxylation is 1. The smallest absolute Gasteiger partial charge is 0.407 e. The zero-order valence-electron chi connectivity index (χ0n) is 16.2. The molecule has 1 aliphatic heterocycles. The lowest BCUT2D eigenvalue weighted by Gasteiger charge is -2.20. The molecule has 1 aromatic rings. The summed E-state index contributed by atoms with van der Waals surface area (Å²) >= 11 is 0. The van der Waals surface area contributed by atoms with Gasteiger partial charge < -0.3 is 19.5 Å². The Hall–Kier alpha value is -2.00. The average molecular weight is 401 g/mol. The maximum Gasteiger partial charge on any atom is 0.407 e. The van der Waals surface area contributed by atoms with Gasteiger partial charge in [-0.2, -0.15) is 8.42 Å². The number of benzene rings is 1. The molecule has 0 aliphatic carbocycles. The molecule has 1 amide bonds. The molecule has 0 saturated carbocycles. The Kier molecular flexibility index (Phi) is 6.94. The van der Waals surface area contributed by atoms with Crippen LogP contribution < -0.4 is 14.8 Å². The van der Waals surface area contributed by atoms with Gasteiger partial charge in [0.05, 0.1) is 12.9 Å². The monoisotopic (exact) mass is 401 g/mol. The van der Waals surface area contributed by atoms with Crippen molar-refractivity contribution >= 4 is 16.2 Å². The summed E-state index contributed by atoms with van der Waals surface area (Å²) < 4.78 is 43.0. The van der Waals surface area contributed by atoms with Gasteiger partial charge in [-0.1, -0.05) is 0 Å². The van der Waals surface area contributed by atoms with E-state index >= 15 is 0 Å². The van der Waals surface area contributed by atoms with Crippen LogP contribution in [0.25, 0.3) is 0 Å². The van der Waals surface area contributed by atoms with Crippen molar-refractivity contribution < 1.29 is 31.6 Å². The summed E-state index contributed by atoms with van der Waals surface area (Å²) in [7, 11) is -3.44. The molecule has 1 aliphatic rings. The fraction of sp³-hybridized carbons (Fsp3) is 0.611. The molecule has 0 spiro atoms. The first-order chi connectivity index (χ1) is 12.5. The highest BCUT2D eigenvalue weighted by molar-refractivity contribution is 7.85. The van der Waals surface area contributed by atoms with Crippen LogP contribution in [0.4, 0.5) is 4.79 Å².